The van der Waals surface area contributed by atoms with Crippen molar-refractivity contribution in [3.63, 3.8) is 0 Å². The van der Waals surface area contributed by atoms with E-state index in [-0.39, 0.29) is 11.9 Å². The summed E-state index contributed by atoms with van der Waals surface area (Å²) in [6.45, 7) is 0.478. The molecule has 3 amide bonds. The largest absolute Gasteiger partial charge is 0.349 e. The fourth-order valence-electron chi connectivity index (χ4n) is 6.22. The van der Waals surface area contributed by atoms with Gasteiger partial charge in [-0.2, -0.15) is 0 Å². The van der Waals surface area contributed by atoms with E-state index in [1.807, 2.05) is 29.6 Å². The van der Waals surface area contributed by atoms with Gasteiger partial charge in [-0.25, -0.2) is 9.78 Å². The van der Waals surface area contributed by atoms with E-state index < -0.39 is 0 Å². The minimum atomic E-state index is -0.112. The minimum Gasteiger partial charge on any atom is -0.349 e. The highest BCUT2D eigenvalue weighted by Crippen LogP contribution is 2.53. The van der Waals surface area contributed by atoms with Gasteiger partial charge in [0, 0.05) is 43.8 Å². The number of nitrogens with zero attached hydrogens (tertiary/aromatic N) is 3. The summed E-state index contributed by atoms with van der Waals surface area (Å²) >= 11 is 1.43. The first-order chi connectivity index (χ1) is 15.0. The fraction of sp³-hybridized carbons (Fsp3) is 0.542. The van der Waals surface area contributed by atoms with E-state index in [1.54, 1.807) is 30.1 Å². The lowest BCUT2D eigenvalue weighted by Gasteiger charge is -2.54. The lowest BCUT2D eigenvalue weighted by atomic mass is 9.54. The van der Waals surface area contributed by atoms with E-state index in [0.29, 0.717) is 35.1 Å². The number of amides is 3. The molecule has 1 heterocycles. The normalized spacial score (nSPS) is 28.4. The number of urea groups is 1. The molecule has 0 radical (unpaired) electrons. The number of aromatic nitrogens is 1. The lowest BCUT2D eigenvalue weighted by molar-refractivity contribution is -0.0119. The number of thiazole rings is 1. The molecular formula is C24H30N4O2S. The quantitative estimate of drug-likeness (QED) is 0.753. The van der Waals surface area contributed by atoms with Crippen molar-refractivity contribution in [3.05, 3.63) is 47.0 Å². The monoisotopic (exact) mass is 438 g/mol. The molecule has 6 rings (SSSR count). The number of hydrogen-bond donors (Lipinski definition) is 1. The summed E-state index contributed by atoms with van der Waals surface area (Å²) in [4.78, 5) is 32.9. The predicted molar refractivity (Wildman–Crippen MR) is 122 cm³/mol. The van der Waals surface area contributed by atoms with Crippen LogP contribution in [-0.2, 0) is 6.54 Å². The van der Waals surface area contributed by atoms with Gasteiger partial charge in [0.1, 0.15) is 0 Å². The Kier molecular flexibility index (Phi) is 5.46. The summed E-state index contributed by atoms with van der Waals surface area (Å²) in [6, 6.07) is 7.88. The third kappa shape index (κ3) is 4.07. The first-order valence-corrected chi connectivity index (χ1v) is 12.1. The van der Waals surface area contributed by atoms with Crippen LogP contribution in [0.25, 0.3) is 0 Å². The van der Waals surface area contributed by atoms with Gasteiger partial charge in [0.15, 0.2) is 5.13 Å². The molecule has 0 spiro atoms. The highest BCUT2D eigenvalue weighted by molar-refractivity contribution is 7.13. The Balaban J connectivity index is 1.18. The molecule has 0 atom stereocenters. The second-order valence-electron chi connectivity index (χ2n) is 9.64. The average molecular weight is 439 g/mol. The number of hydrogen-bond acceptors (Lipinski definition) is 4. The summed E-state index contributed by atoms with van der Waals surface area (Å²) in [5, 5.41) is 5.90. The van der Waals surface area contributed by atoms with Gasteiger partial charge in [0.05, 0.1) is 0 Å². The summed E-state index contributed by atoms with van der Waals surface area (Å²) < 4.78 is 0. The van der Waals surface area contributed by atoms with Crippen LogP contribution < -0.4 is 10.2 Å². The van der Waals surface area contributed by atoms with Gasteiger partial charge in [-0.05, 0) is 73.5 Å². The number of carbonyl (C=O) groups is 2. The van der Waals surface area contributed by atoms with Gasteiger partial charge < -0.3 is 10.2 Å². The number of anilines is 1. The van der Waals surface area contributed by atoms with Crippen LogP contribution in [-0.4, -0.2) is 42.0 Å². The highest BCUT2D eigenvalue weighted by Gasteiger charge is 2.48. The molecule has 1 N–H and O–H groups in total. The van der Waals surface area contributed by atoms with Crippen molar-refractivity contribution in [1.82, 2.24) is 15.2 Å². The molecule has 1 aromatic heterocycles. The average Bonchev–Trinajstić information content (AvgIpc) is 3.30. The highest BCUT2D eigenvalue weighted by atomic mass is 32.1. The molecule has 31 heavy (non-hydrogen) atoms. The second-order valence-corrected chi connectivity index (χ2v) is 10.5. The summed E-state index contributed by atoms with van der Waals surface area (Å²) in [7, 11) is 3.51. The molecule has 0 saturated heterocycles. The van der Waals surface area contributed by atoms with Crippen molar-refractivity contribution >= 4 is 28.4 Å². The van der Waals surface area contributed by atoms with E-state index >= 15 is 0 Å². The molecule has 4 aliphatic rings. The minimum absolute atomic E-state index is 0.0388. The zero-order chi connectivity index (χ0) is 21.5. The standard InChI is InChI=1S/C24H30N4O2S/c1-27(24(30)28(2)23-25-7-8-31-23)14-15-3-5-18(6-4-15)22(29)26-21-19-10-16-9-17(12-19)13-20(21)11-16/h3-8,16-17,19-21H,9-14H2,1-2H3,(H,26,29). The number of nitrogens with one attached hydrogen (secondary N) is 1. The van der Waals surface area contributed by atoms with Crippen LogP contribution in [0.1, 0.15) is 48.0 Å². The third-order valence-corrected chi connectivity index (χ3v) is 8.33. The van der Waals surface area contributed by atoms with Crippen molar-refractivity contribution in [2.45, 2.75) is 44.7 Å². The van der Waals surface area contributed by atoms with Gasteiger partial charge in [-0.3, -0.25) is 9.69 Å². The van der Waals surface area contributed by atoms with Crippen LogP contribution in [0.4, 0.5) is 9.93 Å². The zero-order valence-corrected chi connectivity index (χ0v) is 19.0. The molecule has 7 heteroatoms. The van der Waals surface area contributed by atoms with Crippen LogP contribution in [0.2, 0.25) is 0 Å². The maximum atomic E-state index is 12.9. The molecule has 6 nitrogen and oxygen atoms in total. The Morgan fingerprint density at radius 2 is 1.68 bits per heavy atom. The molecule has 4 aliphatic carbocycles. The van der Waals surface area contributed by atoms with E-state index in [0.717, 1.165) is 17.4 Å². The number of benzene rings is 1. The maximum absolute atomic E-state index is 12.9. The van der Waals surface area contributed by atoms with Crippen LogP contribution in [0.5, 0.6) is 0 Å². The van der Waals surface area contributed by atoms with Crippen LogP contribution >= 0.6 is 11.3 Å². The SMILES string of the molecule is CN(Cc1ccc(C(=O)NC2C3CC4CC(C3)CC2C4)cc1)C(=O)N(C)c1nccs1. The fourth-order valence-corrected chi connectivity index (χ4v) is 6.82. The smallest absolute Gasteiger partial charge is 0.326 e. The Bertz CT molecular complexity index is 915. The summed E-state index contributed by atoms with van der Waals surface area (Å²) in [6.07, 6.45) is 8.31. The summed E-state index contributed by atoms with van der Waals surface area (Å²) in [5.74, 6) is 3.20. The van der Waals surface area contributed by atoms with Gasteiger partial charge in [0.2, 0.25) is 0 Å². The maximum Gasteiger partial charge on any atom is 0.326 e. The van der Waals surface area contributed by atoms with Crippen molar-refractivity contribution in [2.24, 2.45) is 23.7 Å². The topological polar surface area (TPSA) is 65.5 Å². The molecule has 4 fully saturated rings. The molecule has 2 aromatic rings. The van der Waals surface area contributed by atoms with Crippen LogP contribution in [0.3, 0.4) is 0 Å². The number of carbonyl (C=O) groups excluding carboxylic acids is 2. The Labute approximate surface area is 187 Å². The molecule has 4 bridgehead atoms. The van der Waals surface area contributed by atoms with Gasteiger partial charge >= 0.3 is 6.03 Å². The lowest BCUT2D eigenvalue weighted by Crippen LogP contribution is -2.55. The van der Waals surface area contributed by atoms with Crippen LogP contribution in [0.15, 0.2) is 35.8 Å². The van der Waals surface area contributed by atoms with E-state index in [4.69, 9.17) is 0 Å². The van der Waals surface area contributed by atoms with Gasteiger partial charge in [-0.15, -0.1) is 11.3 Å². The first kappa shape index (κ1) is 20.5. The summed E-state index contributed by atoms with van der Waals surface area (Å²) in [5.41, 5.74) is 1.70. The molecule has 164 valence electrons. The molecule has 1 aromatic carbocycles. The molecule has 0 unspecified atom stereocenters. The van der Waals surface area contributed by atoms with Crippen LogP contribution in [0, 0.1) is 23.7 Å². The third-order valence-electron chi connectivity index (χ3n) is 7.48. The van der Waals surface area contributed by atoms with Crippen molar-refractivity contribution < 1.29 is 9.59 Å². The molecular weight excluding hydrogens is 408 g/mol. The predicted octanol–water partition coefficient (Wildman–Crippen LogP) is 4.39. The first-order valence-electron chi connectivity index (χ1n) is 11.3. The zero-order valence-electron chi connectivity index (χ0n) is 18.2. The van der Waals surface area contributed by atoms with Crippen molar-refractivity contribution in [1.29, 1.82) is 0 Å². The Hall–Kier alpha value is -2.41. The molecule has 4 saturated carbocycles. The van der Waals surface area contributed by atoms with E-state index in [1.165, 1.54) is 43.4 Å². The van der Waals surface area contributed by atoms with Crippen molar-refractivity contribution in [2.75, 3.05) is 19.0 Å². The second kappa shape index (κ2) is 8.26. The Morgan fingerprint density at radius 1 is 1.03 bits per heavy atom. The molecule has 0 aliphatic heterocycles. The van der Waals surface area contributed by atoms with Crippen molar-refractivity contribution in [3.8, 4) is 0 Å². The van der Waals surface area contributed by atoms with E-state index in [2.05, 4.69) is 10.3 Å². The Morgan fingerprint density at radius 3 is 2.26 bits per heavy atom. The number of rotatable bonds is 5. The van der Waals surface area contributed by atoms with Gasteiger partial charge in [0.25, 0.3) is 5.91 Å². The van der Waals surface area contributed by atoms with Gasteiger partial charge in [-0.1, -0.05) is 12.1 Å². The van der Waals surface area contributed by atoms with E-state index in [9.17, 15) is 9.59 Å².